The monoisotopic (exact) mass is 150 g/mol. The van der Waals surface area contributed by atoms with Crippen LogP contribution >= 0.6 is 0 Å². The lowest BCUT2D eigenvalue weighted by atomic mass is 10.1. The van der Waals surface area contributed by atoms with E-state index >= 15 is 0 Å². The maximum atomic E-state index is 11.0. The summed E-state index contributed by atoms with van der Waals surface area (Å²) in [6, 6.07) is 1.90. The second kappa shape index (κ2) is 2.12. The first kappa shape index (κ1) is 6.46. The molecule has 1 saturated carbocycles. The Labute approximate surface area is 64.2 Å². The van der Waals surface area contributed by atoms with E-state index in [1.54, 1.807) is 6.20 Å². The number of aromatic nitrogens is 1. The minimum absolute atomic E-state index is 0.158. The van der Waals surface area contributed by atoms with E-state index in [0.29, 0.717) is 11.6 Å². The molecule has 1 aliphatic rings. The van der Waals surface area contributed by atoms with Crippen molar-refractivity contribution in [3.8, 4) is 0 Å². The zero-order chi connectivity index (χ0) is 7.84. The number of hydrogen-bond donors (Lipinski definition) is 2. The molecule has 0 aromatic carbocycles. The third-order valence-electron chi connectivity index (χ3n) is 2.05. The number of anilines is 1. The Morgan fingerprint density at radius 3 is 2.91 bits per heavy atom. The van der Waals surface area contributed by atoms with E-state index in [9.17, 15) is 4.79 Å². The molecule has 11 heavy (non-hydrogen) atoms. The average molecular weight is 150 g/mol. The lowest BCUT2D eigenvalue weighted by molar-refractivity contribution is 1.09. The number of pyridine rings is 1. The van der Waals surface area contributed by atoms with Gasteiger partial charge < -0.3 is 10.7 Å². The van der Waals surface area contributed by atoms with Crippen LogP contribution in [0, 0.1) is 0 Å². The molecule has 2 rings (SSSR count). The summed E-state index contributed by atoms with van der Waals surface area (Å²) in [5, 5.41) is 0. The van der Waals surface area contributed by atoms with Gasteiger partial charge in [0.15, 0.2) is 0 Å². The third kappa shape index (κ3) is 1.02. The molecule has 0 saturated heterocycles. The summed E-state index contributed by atoms with van der Waals surface area (Å²) >= 11 is 0. The fraction of sp³-hybridized carbons (Fsp3) is 0.375. The Hall–Kier alpha value is -1.25. The van der Waals surface area contributed by atoms with Crippen molar-refractivity contribution in [1.29, 1.82) is 0 Å². The zero-order valence-corrected chi connectivity index (χ0v) is 6.13. The first-order valence-corrected chi connectivity index (χ1v) is 3.76. The van der Waals surface area contributed by atoms with Gasteiger partial charge in [-0.3, -0.25) is 4.79 Å². The van der Waals surface area contributed by atoms with Crippen LogP contribution in [-0.4, -0.2) is 4.98 Å². The van der Waals surface area contributed by atoms with Crippen LogP contribution in [0.3, 0.4) is 0 Å². The van der Waals surface area contributed by atoms with Gasteiger partial charge in [0.05, 0.1) is 0 Å². The highest BCUT2D eigenvalue weighted by Gasteiger charge is 2.25. The van der Waals surface area contributed by atoms with Crippen LogP contribution in [-0.2, 0) is 0 Å². The van der Waals surface area contributed by atoms with Crippen LogP contribution in [0.15, 0.2) is 17.1 Å². The van der Waals surface area contributed by atoms with Gasteiger partial charge in [-0.1, -0.05) is 0 Å². The van der Waals surface area contributed by atoms with Crippen molar-refractivity contribution in [2.45, 2.75) is 18.8 Å². The standard InChI is InChI=1S/C8H10N2O/c9-7-6(5-1-2-5)3-4-10-8(7)11/h3-5H,1-2,9H2,(H,10,11). The predicted molar refractivity (Wildman–Crippen MR) is 43.5 cm³/mol. The smallest absolute Gasteiger partial charge is 0.271 e. The van der Waals surface area contributed by atoms with Crippen LogP contribution in [0.5, 0.6) is 0 Å². The summed E-state index contributed by atoms with van der Waals surface area (Å²) in [6.07, 6.45) is 4.01. The molecule has 0 amide bonds. The lowest BCUT2D eigenvalue weighted by Gasteiger charge is -1.99. The predicted octanol–water partition coefficient (Wildman–Crippen LogP) is 0.835. The molecule has 0 unspecified atom stereocenters. The normalized spacial score (nSPS) is 16.7. The van der Waals surface area contributed by atoms with Crippen LogP contribution in [0.2, 0.25) is 0 Å². The number of rotatable bonds is 1. The van der Waals surface area contributed by atoms with E-state index in [-0.39, 0.29) is 5.56 Å². The molecule has 1 heterocycles. The van der Waals surface area contributed by atoms with Crippen molar-refractivity contribution >= 4 is 5.69 Å². The molecule has 0 spiro atoms. The summed E-state index contributed by atoms with van der Waals surface area (Å²) in [4.78, 5) is 13.5. The van der Waals surface area contributed by atoms with Crippen molar-refractivity contribution in [1.82, 2.24) is 4.98 Å². The third-order valence-corrected chi connectivity index (χ3v) is 2.05. The Bertz CT molecular complexity index is 325. The minimum atomic E-state index is -0.158. The molecular formula is C8H10N2O. The molecule has 3 heteroatoms. The van der Waals surface area contributed by atoms with Crippen molar-refractivity contribution < 1.29 is 0 Å². The summed E-state index contributed by atoms with van der Waals surface area (Å²) in [5.41, 5.74) is 6.84. The number of nitrogens with two attached hydrogens (primary N) is 1. The molecule has 3 N–H and O–H groups in total. The SMILES string of the molecule is Nc1c(C2CC2)cc[nH]c1=O. The molecule has 0 atom stereocenters. The Kier molecular flexibility index (Phi) is 1.24. The number of hydrogen-bond acceptors (Lipinski definition) is 2. The van der Waals surface area contributed by atoms with Crippen LogP contribution in [0.1, 0.15) is 24.3 Å². The second-order valence-corrected chi connectivity index (χ2v) is 2.95. The topological polar surface area (TPSA) is 58.9 Å². The number of H-pyrrole nitrogens is 1. The van der Waals surface area contributed by atoms with Crippen molar-refractivity contribution in [2.24, 2.45) is 0 Å². The maximum absolute atomic E-state index is 11.0. The van der Waals surface area contributed by atoms with Gasteiger partial charge in [0.1, 0.15) is 5.69 Å². The second-order valence-electron chi connectivity index (χ2n) is 2.95. The quantitative estimate of drug-likeness (QED) is 0.623. The van der Waals surface area contributed by atoms with E-state index in [1.807, 2.05) is 6.07 Å². The van der Waals surface area contributed by atoms with E-state index in [1.165, 1.54) is 12.8 Å². The fourth-order valence-corrected chi connectivity index (χ4v) is 1.26. The summed E-state index contributed by atoms with van der Waals surface area (Å²) < 4.78 is 0. The lowest BCUT2D eigenvalue weighted by Crippen LogP contribution is -2.12. The summed E-state index contributed by atoms with van der Waals surface area (Å²) in [6.45, 7) is 0. The molecule has 0 aliphatic heterocycles. The van der Waals surface area contributed by atoms with Gasteiger partial charge in [-0.15, -0.1) is 0 Å². The fourth-order valence-electron chi connectivity index (χ4n) is 1.26. The maximum Gasteiger partial charge on any atom is 0.271 e. The summed E-state index contributed by atoms with van der Waals surface area (Å²) in [5.74, 6) is 0.553. The molecule has 0 radical (unpaired) electrons. The van der Waals surface area contributed by atoms with Crippen LogP contribution in [0.4, 0.5) is 5.69 Å². The number of aromatic amines is 1. The highest BCUT2D eigenvalue weighted by atomic mass is 16.1. The van der Waals surface area contributed by atoms with Crippen molar-refractivity contribution in [3.05, 3.63) is 28.2 Å². The zero-order valence-electron chi connectivity index (χ0n) is 6.13. The summed E-state index contributed by atoms with van der Waals surface area (Å²) in [7, 11) is 0. The van der Waals surface area contributed by atoms with E-state index < -0.39 is 0 Å². The Balaban J connectivity index is 2.54. The van der Waals surface area contributed by atoms with Crippen LogP contribution in [0.25, 0.3) is 0 Å². The van der Waals surface area contributed by atoms with E-state index in [2.05, 4.69) is 4.98 Å². The largest absolute Gasteiger partial charge is 0.394 e. The van der Waals surface area contributed by atoms with E-state index in [4.69, 9.17) is 5.73 Å². The highest BCUT2D eigenvalue weighted by Crippen LogP contribution is 2.41. The molecular weight excluding hydrogens is 140 g/mol. The molecule has 1 aromatic heterocycles. The number of nitrogens with one attached hydrogen (secondary N) is 1. The van der Waals surface area contributed by atoms with Crippen LogP contribution < -0.4 is 11.3 Å². The molecule has 1 fully saturated rings. The Morgan fingerprint density at radius 1 is 1.55 bits per heavy atom. The van der Waals surface area contributed by atoms with Gasteiger partial charge in [0.25, 0.3) is 5.56 Å². The molecule has 1 aromatic rings. The number of nitrogen functional groups attached to an aromatic ring is 1. The molecule has 58 valence electrons. The first-order valence-electron chi connectivity index (χ1n) is 3.76. The van der Waals surface area contributed by atoms with Gasteiger partial charge in [-0.2, -0.15) is 0 Å². The molecule has 3 nitrogen and oxygen atoms in total. The van der Waals surface area contributed by atoms with Gasteiger partial charge in [-0.05, 0) is 30.4 Å². The first-order chi connectivity index (χ1) is 5.29. The van der Waals surface area contributed by atoms with Gasteiger partial charge in [0, 0.05) is 6.20 Å². The minimum Gasteiger partial charge on any atom is -0.394 e. The molecule has 1 aliphatic carbocycles. The van der Waals surface area contributed by atoms with Gasteiger partial charge >= 0.3 is 0 Å². The van der Waals surface area contributed by atoms with Crippen molar-refractivity contribution in [2.75, 3.05) is 5.73 Å². The molecule has 0 bridgehead atoms. The van der Waals surface area contributed by atoms with E-state index in [0.717, 1.165) is 5.56 Å². The highest BCUT2D eigenvalue weighted by molar-refractivity contribution is 5.47. The van der Waals surface area contributed by atoms with Gasteiger partial charge in [-0.25, -0.2) is 0 Å². The Morgan fingerprint density at radius 2 is 2.27 bits per heavy atom. The average Bonchev–Trinajstić information content (AvgIpc) is 2.77. The van der Waals surface area contributed by atoms with Crippen molar-refractivity contribution in [3.63, 3.8) is 0 Å². The van der Waals surface area contributed by atoms with Gasteiger partial charge in [0.2, 0.25) is 0 Å².